The lowest BCUT2D eigenvalue weighted by Crippen LogP contribution is -2.18. The molecule has 1 fully saturated rings. The summed E-state index contributed by atoms with van der Waals surface area (Å²) < 4.78 is 9.58. The first-order chi connectivity index (χ1) is 13.6. The van der Waals surface area contributed by atoms with Gasteiger partial charge in [0.15, 0.2) is 4.96 Å². The minimum atomic E-state index is 0.224. The Kier molecular flexibility index (Phi) is 4.13. The molecule has 1 aromatic carbocycles. The van der Waals surface area contributed by atoms with Gasteiger partial charge in [-0.15, -0.1) is 0 Å². The van der Waals surface area contributed by atoms with E-state index in [9.17, 15) is 0 Å². The molecule has 0 atom stereocenters. The summed E-state index contributed by atoms with van der Waals surface area (Å²) in [6.07, 6.45) is 10.4. The fourth-order valence-electron chi connectivity index (χ4n) is 4.19. The summed E-state index contributed by atoms with van der Waals surface area (Å²) in [4.78, 5) is 7.03. The van der Waals surface area contributed by atoms with E-state index in [2.05, 4.69) is 33.9 Å². The van der Waals surface area contributed by atoms with Gasteiger partial charge in [-0.25, -0.2) is 10.2 Å². The van der Waals surface area contributed by atoms with Crippen molar-refractivity contribution >= 4 is 33.9 Å². The molecule has 0 saturated carbocycles. The lowest BCUT2D eigenvalue weighted by molar-refractivity contribution is 0.417. The van der Waals surface area contributed by atoms with Crippen LogP contribution in [0, 0.1) is 11.2 Å². The van der Waals surface area contributed by atoms with Gasteiger partial charge < -0.3 is 4.74 Å². The maximum atomic E-state index is 9.09. The molecule has 0 aliphatic carbocycles. The molecular weight excluding hydrogens is 369 g/mol. The largest absolute Gasteiger partial charge is 0.496 e. The maximum Gasteiger partial charge on any atom is 0.267 e. The zero-order chi connectivity index (χ0) is 19.3. The number of nitrogens with zero attached hydrogens (tertiary/aromatic N) is 5. The quantitative estimate of drug-likeness (QED) is 0.488. The molecule has 4 heterocycles. The monoisotopic (exact) mass is 389 g/mol. The molecule has 1 aliphatic heterocycles. The number of hydrogen-bond donors (Lipinski definition) is 0. The van der Waals surface area contributed by atoms with E-state index in [1.165, 1.54) is 0 Å². The van der Waals surface area contributed by atoms with Crippen LogP contribution in [0.25, 0.3) is 26.3 Å². The summed E-state index contributed by atoms with van der Waals surface area (Å²) in [6.45, 7) is 0.224. The Labute approximate surface area is 167 Å². The number of aryl methyl sites for hydroxylation is 1. The van der Waals surface area contributed by atoms with Crippen molar-refractivity contribution in [3.05, 3.63) is 36.4 Å². The van der Waals surface area contributed by atoms with Crippen molar-refractivity contribution in [3.8, 4) is 22.2 Å². The van der Waals surface area contributed by atoms with Crippen LogP contribution in [0.1, 0.15) is 24.5 Å². The Balaban J connectivity index is 1.49. The van der Waals surface area contributed by atoms with Gasteiger partial charge in [-0.3, -0.25) is 9.08 Å². The summed E-state index contributed by atoms with van der Waals surface area (Å²) in [5.74, 6) is 3.71. The number of hydrogen-bond acceptors (Lipinski definition) is 5. The molecule has 0 spiro atoms. The molecule has 5 rings (SSSR count). The van der Waals surface area contributed by atoms with Crippen LogP contribution in [0.3, 0.4) is 0 Å². The van der Waals surface area contributed by atoms with E-state index in [4.69, 9.17) is 15.0 Å². The first kappa shape index (κ1) is 17.3. The number of methoxy groups -OCH3 is 1. The van der Waals surface area contributed by atoms with Crippen LogP contribution in [0.2, 0.25) is 12.6 Å². The molecule has 140 valence electrons. The molecule has 0 N–H and O–H groups in total. The summed E-state index contributed by atoms with van der Waals surface area (Å²) in [5.41, 5.74) is 3.15. The fraction of sp³-hybridized carbons (Fsp3) is 0.350. The average molecular weight is 389 g/mol. The Bertz CT molecular complexity index is 1180. The highest BCUT2D eigenvalue weighted by Crippen LogP contribution is 2.39. The van der Waals surface area contributed by atoms with Crippen LogP contribution < -0.4 is 4.74 Å². The summed E-state index contributed by atoms with van der Waals surface area (Å²) in [7, 11) is 3.62. The molecule has 0 bridgehead atoms. The van der Waals surface area contributed by atoms with Gasteiger partial charge >= 0.3 is 0 Å². The van der Waals surface area contributed by atoms with E-state index in [1.807, 2.05) is 24.0 Å². The predicted octanol–water partition coefficient (Wildman–Crippen LogP) is 4.39. The number of thiazole rings is 1. The van der Waals surface area contributed by atoms with E-state index in [1.54, 1.807) is 18.4 Å². The van der Waals surface area contributed by atoms with Crippen molar-refractivity contribution < 1.29 is 4.74 Å². The highest BCUT2D eigenvalue weighted by atomic mass is 32.1. The van der Waals surface area contributed by atoms with Gasteiger partial charge in [0.25, 0.3) is 6.71 Å². The highest BCUT2D eigenvalue weighted by molar-refractivity contribution is 7.20. The molecule has 28 heavy (non-hydrogen) atoms. The van der Waals surface area contributed by atoms with Gasteiger partial charge in [-0.2, -0.15) is 5.10 Å². The summed E-state index contributed by atoms with van der Waals surface area (Å²) >= 11 is 1.68. The molecule has 6 nitrogen and oxygen atoms in total. The number of fused-ring (bicyclic) bond motifs is 2. The zero-order valence-electron chi connectivity index (χ0n) is 15.9. The number of benzene rings is 1. The Morgan fingerprint density at radius 1 is 1.25 bits per heavy atom. The van der Waals surface area contributed by atoms with Crippen LogP contribution in [0.15, 0.2) is 30.7 Å². The number of aromatic nitrogens is 4. The lowest BCUT2D eigenvalue weighted by Gasteiger charge is -2.21. The van der Waals surface area contributed by atoms with Crippen molar-refractivity contribution in [1.82, 2.24) is 19.2 Å². The Hall–Kier alpha value is -2.79. The van der Waals surface area contributed by atoms with Crippen molar-refractivity contribution in [2.75, 3.05) is 7.11 Å². The van der Waals surface area contributed by atoms with Gasteiger partial charge in [0.2, 0.25) is 0 Å². The van der Waals surface area contributed by atoms with Gasteiger partial charge in [-0.1, -0.05) is 36.8 Å². The average Bonchev–Trinajstić information content (AvgIpc) is 3.38. The maximum absolute atomic E-state index is 9.09. The van der Waals surface area contributed by atoms with E-state index in [-0.39, 0.29) is 6.71 Å². The second-order valence-corrected chi connectivity index (χ2v) is 8.55. The normalized spacial score (nSPS) is 15.4. The van der Waals surface area contributed by atoms with E-state index < -0.39 is 0 Å². The van der Waals surface area contributed by atoms with Crippen LogP contribution in [0.4, 0.5) is 0 Å². The number of nitriles is 1. The number of rotatable bonds is 3. The van der Waals surface area contributed by atoms with Crippen LogP contribution >= 0.6 is 11.3 Å². The molecule has 4 aromatic rings. The third-order valence-electron chi connectivity index (χ3n) is 5.71. The minimum Gasteiger partial charge on any atom is -0.496 e. The molecule has 0 amide bonds. The summed E-state index contributed by atoms with van der Waals surface area (Å²) in [6, 6.07) is 4.13. The molecule has 0 radical (unpaired) electrons. The molecule has 1 aliphatic rings. The Morgan fingerprint density at radius 3 is 2.79 bits per heavy atom. The highest BCUT2D eigenvalue weighted by Gasteiger charge is 2.27. The summed E-state index contributed by atoms with van der Waals surface area (Å²) in [5, 5.41) is 14.7. The molecule has 3 aromatic heterocycles. The van der Waals surface area contributed by atoms with Crippen molar-refractivity contribution in [1.29, 1.82) is 5.26 Å². The SMILES string of the molecule is COc1cc2nn(C)cc2cc1-c1cn2cc(C3CCB(C#N)CC3)nc2s1. The topological polar surface area (TPSA) is 68.1 Å². The molecule has 0 unspecified atom stereocenters. The van der Waals surface area contributed by atoms with Gasteiger partial charge in [-0.05, 0) is 6.07 Å². The van der Waals surface area contributed by atoms with E-state index >= 15 is 0 Å². The van der Waals surface area contributed by atoms with E-state index in [0.29, 0.717) is 5.92 Å². The second-order valence-electron chi connectivity index (χ2n) is 7.54. The number of imidazole rings is 1. The van der Waals surface area contributed by atoms with Crippen molar-refractivity contribution in [3.63, 3.8) is 0 Å². The third-order valence-corrected chi connectivity index (χ3v) is 6.74. The van der Waals surface area contributed by atoms with Gasteiger partial charge in [0.05, 0.1) is 23.2 Å². The second kappa shape index (κ2) is 6.68. The minimum absolute atomic E-state index is 0.224. The molecule has 1 saturated heterocycles. The zero-order valence-corrected chi connectivity index (χ0v) is 16.7. The van der Waals surface area contributed by atoms with Gasteiger partial charge in [0, 0.05) is 54.5 Å². The smallest absolute Gasteiger partial charge is 0.267 e. The van der Waals surface area contributed by atoms with Crippen molar-refractivity contribution in [2.45, 2.75) is 31.4 Å². The Morgan fingerprint density at radius 2 is 2.07 bits per heavy atom. The number of ether oxygens (including phenoxy) is 1. The molecule has 8 heteroatoms. The first-order valence-electron chi connectivity index (χ1n) is 9.54. The van der Waals surface area contributed by atoms with Crippen LogP contribution in [-0.2, 0) is 7.05 Å². The van der Waals surface area contributed by atoms with Crippen LogP contribution in [0.5, 0.6) is 5.75 Å². The standard InChI is InChI=1S/C20H20BN5OS/c1-25-9-14-7-15(18(27-2)8-16(14)24-25)19-11-26-10-17(23-20(26)28-19)13-3-5-21(12-22)6-4-13/h7-11,13H,3-6H2,1-2H3. The molecular formula is C20H20BN5OS. The van der Waals surface area contributed by atoms with E-state index in [0.717, 1.165) is 63.2 Å². The van der Waals surface area contributed by atoms with Crippen LogP contribution in [-0.4, -0.2) is 33.0 Å². The fourth-order valence-corrected chi connectivity index (χ4v) is 5.18. The first-order valence-corrected chi connectivity index (χ1v) is 10.4. The van der Waals surface area contributed by atoms with Crippen molar-refractivity contribution in [2.24, 2.45) is 7.05 Å². The lowest BCUT2D eigenvalue weighted by atomic mass is 9.41. The predicted molar refractivity (Wildman–Crippen MR) is 112 cm³/mol. The third kappa shape index (κ3) is 2.87. The van der Waals surface area contributed by atoms with Gasteiger partial charge in [0.1, 0.15) is 5.75 Å².